The number of piperidine rings is 1. The Hall–Kier alpha value is -2.14. The molecule has 2 aromatic rings. The third-order valence-corrected chi connectivity index (χ3v) is 6.07. The molecule has 1 amide bonds. The number of amides is 1. The highest BCUT2D eigenvalue weighted by atomic mass is 16.2. The first-order chi connectivity index (χ1) is 11.9. The van der Waals surface area contributed by atoms with Crippen molar-refractivity contribution in [1.82, 2.24) is 14.5 Å². The van der Waals surface area contributed by atoms with E-state index in [0.29, 0.717) is 23.7 Å². The van der Waals surface area contributed by atoms with Crippen LogP contribution in [0, 0.1) is 17.3 Å². The van der Waals surface area contributed by atoms with Crippen LogP contribution in [0.15, 0.2) is 42.9 Å². The summed E-state index contributed by atoms with van der Waals surface area (Å²) in [4.78, 5) is 19.0. The Morgan fingerprint density at radius 1 is 1.28 bits per heavy atom. The molecule has 5 heteroatoms. The summed E-state index contributed by atoms with van der Waals surface area (Å²) < 4.78 is 2.04. The van der Waals surface area contributed by atoms with Gasteiger partial charge in [0.1, 0.15) is 0 Å². The summed E-state index contributed by atoms with van der Waals surface area (Å²) in [6.07, 6.45) is 4.30. The minimum Gasteiger partial charge on any atom is -0.341 e. The lowest BCUT2D eigenvalue weighted by Crippen LogP contribution is -2.45. The third kappa shape index (κ3) is 3.09. The van der Waals surface area contributed by atoms with Gasteiger partial charge in [-0.05, 0) is 22.8 Å². The number of carbonyl (C=O) groups excluding carboxylic acids is 1. The maximum Gasteiger partial charge on any atom is 0.239 e. The van der Waals surface area contributed by atoms with E-state index in [9.17, 15) is 4.79 Å². The molecule has 0 radical (unpaired) electrons. The Kier molecular flexibility index (Phi) is 3.91. The van der Waals surface area contributed by atoms with Crippen molar-refractivity contribution in [2.45, 2.75) is 32.9 Å². The number of fused-ring (bicyclic) bond motifs is 1. The highest BCUT2D eigenvalue weighted by molar-refractivity contribution is 5.82. The molecule has 2 N–H and O–H groups in total. The van der Waals surface area contributed by atoms with Crippen molar-refractivity contribution >= 4 is 5.91 Å². The molecule has 25 heavy (non-hydrogen) atoms. The zero-order valence-corrected chi connectivity index (χ0v) is 14.9. The second-order valence-corrected chi connectivity index (χ2v) is 8.11. The molecule has 1 aliphatic carbocycles. The number of likely N-dealkylation sites (tertiary alicyclic amines) is 1. The quantitative estimate of drug-likeness (QED) is 0.906. The van der Waals surface area contributed by atoms with Gasteiger partial charge in [0, 0.05) is 32.3 Å². The van der Waals surface area contributed by atoms with Crippen molar-refractivity contribution in [3.63, 3.8) is 0 Å². The summed E-state index contributed by atoms with van der Waals surface area (Å²) in [6.45, 7) is 7.10. The highest BCUT2D eigenvalue weighted by Gasteiger charge is 2.62. The van der Waals surface area contributed by atoms with Crippen LogP contribution in [-0.4, -0.2) is 39.5 Å². The fourth-order valence-electron chi connectivity index (χ4n) is 4.25. The van der Waals surface area contributed by atoms with Crippen LogP contribution in [0.2, 0.25) is 0 Å². The number of aromatic nitrogens is 2. The number of nitrogens with zero attached hydrogens (tertiary/aromatic N) is 3. The van der Waals surface area contributed by atoms with Crippen LogP contribution in [0.4, 0.5) is 0 Å². The molecule has 0 spiro atoms. The number of carbonyl (C=O) groups is 1. The molecular weight excluding hydrogens is 312 g/mol. The Morgan fingerprint density at radius 3 is 2.64 bits per heavy atom. The summed E-state index contributed by atoms with van der Waals surface area (Å²) in [5, 5.41) is 0. The summed E-state index contributed by atoms with van der Waals surface area (Å²) in [5.41, 5.74) is 8.70. The van der Waals surface area contributed by atoms with Crippen LogP contribution in [0.25, 0.3) is 0 Å². The third-order valence-electron chi connectivity index (χ3n) is 6.07. The zero-order valence-electron chi connectivity index (χ0n) is 14.9. The average Bonchev–Trinajstić information content (AvgIpc) is 3.03. The molecule has 2 unspecified atom stereocenters. The van der Waals surface area contributed by atoms with Crippen LogP contribution in [0.1, 0.15) is 25.1 Å². The molecule has 0 bridgehead atoms. The van der Waals surface area contributed by atoms with E-state index in [1.165, 1.54) is 5.56 Å². The van der Waals surface area contributed by atoms with Gasteiger partial charge in [0.2, 0.25) is 5.91 Å². The minimum absolute atomic E-state index is 0.0700. The van der Waals surface area contributed by atoms with Gasteiger partial charge in [-0.1, -0.05) is 44.2 Å². The van der Waals surface area contributed by atoms with Gasteiger partial charge < -0.3 is 15.2 Å². The Labute approximate surface area is 148 Å². The topological polar surface area (TPSA) is 64.2 Å². The summed E-state index contributed by atoms with van der Waals surface area (Å²) in [6, 6.07) is 9.76. The van der Waals surface area contributed by atoms with E-state index in [4.69, 9.17) is 5.73 Å². The van der Waals surface area contributed by atoms with Crippen LogP contribution in [-0.2, 0) is 17.8 Å². The number of imidazole rings is 1. The number of nitrogens with two attached hydrogens (primary N) is 1. The summed E-state index contributed by atoms with van der Waals surface area (Å²) >= 11 is 0. The molecule has 1 aliphatic heterocycles. The van der Waals surface area contributed by atoms with Gasteiger partial charge in [0.15, 0.2) is 0 Å². The summed E-state index contributed by atoms with van der Waals surface area (Å²) in [7, 11) is 0. The first-order valence-electron chi connectivity index (χ1n) is 9.04. The van der Waals surface area contributed by atoms with E-state index in [1.807, 2.05) is 40.2 Å². The second-order valence-electron chi connectivity index (χ2n) is 8.11. The minimum atomic E-state index is -0.499. The fourth-order valence-corrected chi connectivity index (χ4v) is 4.25. The van der Waals surface area contributed by atoms with Crippen molar-refractivity contribution in [3.8, 4) is 0 Å². The predicted octanol–water partition coefficient (Wildman–Crippen LogP) is 1.92. The van der Waals surface area contributed by atoms with Gasteiger partial charge >= 0.3 is 0 Å². The standard InChI is InChI=1S/C20H26N4O/c1-20(2)16-11-24(12-17(16)20)19(25)18(21)8-15-10-23(13-22-15)9-14-6-4-3-5-7-14/h3-7,10,13,16-18H,8-9,11-12,21H2,1-2H3/t16?,17?,18-/m0/s1. The molecule has 3 atom stereocenters. The lowest BCUT2D eigenvalue weighted by atomic mass is 10.1. The normalized spacial score (nSPS) is 24.8. The maximum absolute atomic E-state index is 12.6. The second kappa shape index (κ2) is 5.99. The number of hydrogen-bond acceptors (Lipinski definition) is 3. The Bertz CT molecular complexity index is 753. The largest absolute Gasteiger partial charge is 0.341 e. The number of benzene rings is 1. The molecule has 4 rings (SSSR count). The molecule has 2 heterocycles. The fraction of sp³-hybridized carbons (Fsp3) is 0.500. The first kappa shape index (κ1) is 16.3. The number of hydrogen-bond donors (Lipinski definition) is 1. The average molecular weight is 338 g/mol. The lowest BCUT2D eigenvalue weighted by molar-refractivity contribution is -0.132. The monoisotopic (exact) mass is 338 g/mol. The van der Waals surface area contributed by atoms with Crippen molar-refractivity contribution in [1.29, 1.82) is 0 Å². The molecule has 1 aromatic carbocycles. The Balaban J connectivity index is 1.32. The van der Waals surface area contributed by atoms with Crippen LogP contribution < -0.4 is 5.73 Å². The van der Waals surface area contributed by atoms with Gasteiger partial charge in [0.05, 0.1) is 18.1 Å². The van der Waals surface area contributed by atoms with Crippen molar-refractivity contribution < 1.29 is 4.79 Å². The molecule has 132 valence electrons. The molecule has 5 nitrogen and oxygen atoms in total. The van der Waals surface area contributed by atoms with Gasteiger partial charge in [-0.25, -0.2) is 4.98 Å². The maximum atomic E-state index is 12.6. The highest BCUT2D eigenvalue weighted by Crippen LogP contribution is 2.61. The van der Waals surface area contributed by atoms with Gasteiger partial charge in [-0.15, -0.1) is 0 Å². The van der Waals surface area contributed by atoms with E-state index in [2.05, 4.69) is 31.0 Å². The lowest BCUT2D eigenvalue weighted by Gasteiger charge is -2.24. The van der Waals surface area contributed by atoms with Crippen molar-refractivity contribution in [2.24, 2.45) is 23.0 Å². The zero-order chi connectivity index (χ0) is 17.6. The van der Waals surface area contributed by atoms with E-state index in [1.54, 1.807) is 0 Å². The van der Waals surface area contributed by atoms with E-state index < -0.39 is 6.04 Å². The summed E-state index contributed by atoms with van der Waals surface area (Å²) in [5.74, 6) is 1.39. The SMILES string of the molecule is CC1(C)C2CN(C(=O)[C@@H](N)Cc3cn(Cc4ccccc4)cn3)CC21. The van der Waals surface area contributed by atoms with Crippen LogP contribution in [0.3, 0.4) is 0 Å². The van der Waals surface area contributed by atoms with Gasteiger partial charge in [-0.3, -0.25) is 4.79 Å². The molecule has 2 aliphatic rings. The molecule has 1 saturated heterocycles. The van der Waals surface area contributed by atoms with E-state index in [-0.39, 0.29) is 5.91 Å². The smallest absolute Gasteiger partial charge is 0.239 e. The predicted molar refractivity (Wildman–Crippen MR) is 96.8 cm³/mol. The molecule has 1 aromatic heterocycles. The Morgan fingerprint density at radius 2 is 1.96 bits per heavy atom. The van der Waals surface area contributed by atoms with Gasteiger partial charge in [-0.2, -0.15) is 0 Å². The van der Waals surface area contributed by atoms with E-state index >= 15 is 0 Å². The molecule has 1 saturated carbocycles. The van der Waals surface area contributed by atoms with Crippen LogP contribution in [0.5, 0.6) is 0 Å². The van der Waals surface area contributed by atoms with E-state index in [0.717, 1.165) is 25.3 Å². The van der Waals surface area contributed by atoms with Crippen molar-refractivity contribution in [2.75, 3.05) is 13.1 Å². The van der Waals surface area contributed by atoms with Gasteiger partial charge in [0.25, 0.3) is 0 Å². The number of rotatable bonds is 5. The molecular formula is C20H26N4O. The first-order valence-corrected chi connectivity index (χ1v) is 9.04. The van der Waals surface area contributed by atoms with Crippen molar-refractivity contribution in [3.05, 3.63) is 54.1 Å². The molecule has 2 fully saturated rings. The van der Waals surface area contributed by atoms with Crippen LogP contribution >= 0.6 is 0 Å².